The van der Waals surface area contributed by atoms with Crippen LogP contribution in [0.2, 0.25) is 5.02 Å². The molecule has 0 aromatic carbocycles. The van der Waals surface area contributed by atoms with Gasteiger partial charge in [0.1, 0.15) is 5.02 Å². The molecule has 1 rings (SSSR count). The summed E-state index contributed by atoms with van der Waals surface area (Å²) in [5.74, 6) is 0.931. The van der Waals surface area contributed by atoms with Gasteiger partial charge in [-0.25, -0.2) is 4.98 Å². The Balaban J connectivity index is 2.67. The van der Waals surface area contributed by atoms with Crippen LogP contribution in [0.3, 0.4) is 0 Å². The van der Waals surface area contributed by atoms with E-state index in [9.17, 15) is 0 Å². The number of hydrogen-bond acceptors (Lipinski definition) is 4. The molecule has 1 N–H and O–H groups in total. The molecule has 0 spiro atoms. The van der Waals surface area contributed by atoms with Gasteiger partial charge in [-0.1, -0.05) is 17.7 Å². The highest BCUT2D eigenvalue weighted by atomic mass is 35.5. The van der Waals surface area contributed by atoms with Gasteiger partial charge in [0.15, 0.2) is 0 Å². The Morgan fingerprint density at radius 1 is 1.67 bits per heavy atom. The van der Waals surface area contributed by atoms with Gasteiger partial charge in [-0.3, -0.25) is 0 Å². The molecule has 0 aliphatic rings. The van der Waals surface area contributed by atoms with E-state index in [0.717, 1.165) is 13.0 Å². The number of rotatable bonds is 6. The van der Waals surface area contributed by atoms with Gasteiger partial charge in [0.05, 0.1) is 12.8 Å². The number of ether oxygens (including phenoxy) is 1. The third kappa shape index (κ3) is 3.75. The molecule has 0 bridgehead atoms. The van der Waals surface area contributed by atoms with Gasteiger partial charge in [0.25, 0.3) is 0 Å². The molecule has 0 saturated carbocycles. The average Bonchev–Trinajstić information content (AvgIpc) is 2.23. The largest absolute Gasteiger partial charge is 0.476 e. The molecular weight excluding hydrogens is 214 g/mol. The minimum atomic E-state index is 0.407. The molecule has 1 heterocycles. The maximum atomic E-state index is 5.87. The van der Waals surface area contributed by atoms with Crippen molar-refractivity contribution >= 4 is 17.5 Å². The highest BCUT2D eigenvalue weighted by Gasteiger charge is 2.05. The first-order valence-corrected chi connectivity index (χ1v) is 5.15. The third-order valence-corrected chi connectivity index (χ3v) is 1.87. The first-order chi connectivity index (χ1) is 7.27. The molecule has 0 amide bonds. The molecular formula is C10H14ClN3O. The Morgan fingerprint density at radius 2 is 2.47 bits per heavy atom. The van der Waals surface area contributed by atoms with Crippen LogP contribution in [0.1, 0.15) is 13.3 Å². The van der Waals surface area contributed by atoms with E-state index in [0.29, 0.717) is 23.5 Å². The molecule has 0 unspecified atom stereocenters. The minimum absolute atomic E-state index is 0.407. The summed E-state index contributed by atoms with van der Waals surface area (Å²) in [5, 5.41) is 3.40. The maximum Gasteiger partial charge on any atom is 0.237 e. The van der Waals surface area contributed by atoms with Crippen molar-refractivity contribution in [1.29, 1.82) is 0 Å². The van der Waals surface area contributed by atoms with E-state index in [1.165, 1.54) is 6.20 Å². The number of nitrogens with zero attached hydrogens (tertiary/aromatic N) is 2. The predicted molar refractivity (Wildman–Crippen MR) is 61.5 cm³/mol. The van der Waals surface area contributed by atoms with Crippen molar-refractivity contribution in [3.63, 3.8) is 0 Å². The Labute approximate surface area is 94.3 Å². The van der Waals surface area contributed by atoms with E-state index in [4.69, 9.17) is 16.3 Å². The summed E-state index contributed by atoms with van der Waals surface area (Å²) >= 11 is 5.87. The highest BCUT2D eigenvalue weighted by Crippen LogP contribution is 2.21. The van der Waals surface area contributed by atoms with Crippen LogP contribution in [0.5, 0.6) is 5.88 Å². The van der Waals surface area contributed by atoms with Gasteiger partial charge >= 0.3 is 0 Å². The normalized spacial score (nSPS) is 9.73. The molecule has 0 saturated heterocycles. The summed E-state index contributed by atoms with van der Waals surface area (Å²) in [5.41, 5.74) is 0. The number of hydrogen-bond donors (Lipinski definition) is 1. The summed E-state index contributed by atoms with van der Waals surface area (Å²) in [7, 11) is 0. The van der Waals surface area contributed by atoms with Crippen LogP contribution in [0.15, 0.2) is 18.9 Å². The van der Waals surface area contributed by atoms with E-state index in [-0.39, 0.29) is 0 Å². The Bertz CT molecular complexity index is 330. The molecule has 0 aliphatic heterocycles. The molecule has 0 radical (unpaired) electrons. The topological polar surface area (TPSA) is 47.0 Å². The molecule has 5 heteroatoms. The molecule has 0 fully saturated rings. The van der Waals surface area contributed by atoms with E-state index in [2.05, 4.69) is 21.9 Å². The smallest absolute Gasteiger partial charge is 0.237 e. The van der Waals surface area contributed by atoms with Crippen molar-refractivity contribution in [3.05, 3.63) is 23.9 Å². The van der Waals surface area contributed by atoms with Crippen LogP contribution in [0.4, 0.5) is 5.95 Å². The minimum Gasteiger partial charge on any atom is -0.476 e. The maximum absolute atomic E-state index is 5.87. The molecule has 1 aromatic rings. The van der Waals surface area contributed by atoms with Crippen molar-refractivity contribution in [2.24, 2.45) is 0 Å². The monoisotopic (exact) mass is 227 g/mol. The zero-order valence-electron chi connectivity index (χ0n) is 8.66. The number of aromatic nitrogens is 2. The summed E-state index contributed by atoms with van der Waals surface area (Å²) in [6, 6.07) is 0. The third-order valence-electron chi connectivity index (χ3n) is 1.61. The average molecular weight is 228 g/mol. The molecule has 1 aromatic heterocycles. The lowest BCUT2D eigenvalue weighted by Gasteiger charge is -2.07. The molecule has 4 nitrogen and oxygen atoms in total. The zero-order valence-corrected chi connectivity index (χ0v) is 9.42. The second-order valence-corrected chi connectivity index (χ2v) is 3.21. The second kappa shape index (κ2) is 6.24. The second-order valence-electron chi connectivity index (χ2n) is 2.80. The van der Waals surface area contributed by atoms with Gasteiger partial charge in [-0.15, -0.1) is 6.58 Å². The van der Waals surface area contributed by atoms with E-state index in [1.54, 1.807) is 6.08 Å². The van der Waals surface area contributed by atoms with Crippen LogP contribution < -0.4 is 10.1 Å². The fraction of sp³-hybridized carbons (Fsp3) is 0.400. The standard InChI is InChI=1S/C10H14ClN3O/c1-3-5-6-15-9-8(11)7-13-10(14-9)12-4-2/h3,7H,1,4-6H2,2H3,(H,12,13,14). The van der Waals surface area contributed by atoms with E-state index < -0.39 is 0 Å². The van der Waals surface area contributed by atoms with E-state index in [1.807, 2.05) is 6.92 Å². The zero-order chi connectivity index (χ0) is 11.1. The summed E-state index contributed by atoms with van der Waals surface area (Å²) < 4.78 is 5.37. The lowest BCUT2D eigenvalue weighted by Crippen LogP contribution is -2.05. The first kappa shape index (κ1) is 11.8. The van der Waals surface area contributed by atoms with E-state index >= 15 is 0 Å². The van der Waals surface area contributed by atoms with Crippen molar-refractivity contribution in [1.82, 2.24) is 9.97 Å². The summed E-state index contributed by atoms with van der Waals surface area (Å²) in [6.45, 7) is 6.85. The molecule has 82 valence electrons. The van der Waals surface area contributed by atoms with Gasteiger partial charge in [0.2, 0.25) is 11.8 Å². The quantitative estimate of drug-likeness (QED) is 0.599. The van der Waals surface area contributed by atoms with Crippen LogP contribution in [0, 0.1) is 0 Å². The van der Waals surface area contributed by atoms with Crippen LogP contribution >= 0.6 is 11.6 Å². The Kier molecular flexibility index (Phi) is 4.90. The van der Waals surface area contributed by atoms with Crippen LogP contribution in [-0.4, -0.2) is 23.1 Å². The lowest BCUT2D eigenvalue weighted by molar-refractivity contribution is 0.312. The predicted octanol–water partition coefficient (Wildman–Crippen LogP) is 2.52. The van der Waals surface area contributed by atoms with Crippen molar-refractivity contribution in [2.75, 3.05) is 18.5 Å². The highest BCUT2D eigenvalue weighted by molar-refractivity contribution is 6.31. The van der Waals surface area contributed by atoms with Gasteiger partial charge in [0, 0.05) is 6.54 Å². The SMILES string of the molecule is C=CCCOc1nc(NCC)ncc1Cl. The Morgan fingerprint density at radius 3 is 3.13 bits per heavy atom. The number of nitrogens with one attached hydrogen (secondary N) is 1. The van der Waals surface area contributed by atoms with Crippen molar-refractivity contribution in [2.45, 2.75) is 13.3 Å². The van der Waals surface area contributed by atoms with Gasteiger partial charge in [-0.2, -0.15) is 4.98 Å². The summed E-state index contributed by atoms with van der Waals surface area (Å²) in [6.07, 6.45) is 4.06. The molecule has 0 aliphatic carbocycles. The molecule has 15 heavy (non-hydrogen) atoms. The fourth-order valence-electron chi connectivity index (χ4n) is 0.935. The number of halogens is 1. The molecule has 0 atom stereocenters. The Hall–Kier alpha value is -1.29. The van der Waals surface area contributed by atoms with Crippen molar-refractivity contribution < 1.29 is 4.74 Å². The lowest BCUT2D eigenvalue weighted by atomic mass is 10.4. The van der Waals surface area contributed by atoms with Crippen molar-refractivity contribution in [3.8, 4) is 5.88 Å². The number of anilines is 1. The summed E-state index contributed by atoms with van der Waals surface area (Å²) in [4.78, 5) is 8.13. The fourth-order valence-corrected chi connectivity index (χ4v) is 1.08. The van der Waals surface area contributed by atoms with Crippen LogP contribution in [0.25, 0.3) is 0 Å². The van der Waals surface area contributed by atoms with Crippen LogP contribution in [-0.2, 0) is 0 Å². The van der Waals surface area contributed by atoms with Gasteiger partial charge in [-0.05, 0) is 13.3 Å². The van der Waals surface area contributed by atoms with Gasteiger partial charge < -0.3 is 10.1 Å². The first-order valence-electron chi connectivity index (χ1n) is 4.78.